The van der Waals surface area contributed by atoms with Crippen molar-refractivity contribution in [3.8, 4) is 48.8 Å². The van der Waals surface area contributed by atoms with E-state index in [1.807, 2.05) is 30.3 Å². The number of allylic oxidation sites excluding steroid dienone is 5. The molecule has 70 heavy (non-hydrogen) atoms. The van der Waals surface area contributed by atoms with Crippen molar-refractivity contribution < 1.29 is 31.4 Å². The first kappa shape index (κ1) is 60.1. The van der Waals surface area contributed by atoms with E-state index < -0.39 is 5.60 Å². The summed E-state index contributed by atoms with van der Waals surface area (Å²) in [6.07, 6.45) is 14.0. The van der Waals surface area contributed by atoms with Crippen molar-refractivity contribution in [2.45, 2.75) is 19.4 Å². The van der Waals surface area contributed by atoms with Crippen molar-refractivity contribution in [2.24, 2.45) is 0 Å². The molecule has 0 bridgehead atoms. The predicted molar refractivity (Wildman–Crippen MR) is 261 cm³/mol. The zero-order valence-corrected chi connectivity index (χ0v) is 37.7. The first-order valence-corrected chi connectivity index (χ1v) is 19.9. The molecule has 0 radical (unpaired) electrons. The van der Waals surface area contributed by atoms with Crippen LogP contribution in [0.1, 0.15) is 47.2 Å². The molecule has 0 heterocycles. The van der Waals surface area contributed by atoms with Crippen molar-refractivity contribution in [1.29, 1.82) is 31.6 Å². The molecule has 6 aromatic rings. The van der Waals surface area contributed by atoms with E-state index in [-0.39, 0.29) is 34.9 Å². The highest BCUT2D eigenvalue weighted by Crippen LogP contribution is 2.12. The second-order valence-corrected chi connectivity index (χ2v) is 13.6. The molecule has 0 atom stereocenters. The van der Waals surface area contributed by atoms with Gasteiger partial charge in [-0.2, -0.15) is 31.6 Å². The van der Waals surface area contributed by atoms with Gasteiger partial charge in [0.1, 0.15) is 40.5 Å². The molecular formula is C57H42F6N6O. The molecule has 6 aromatic carbocycles. The Hall–Kier alpha value is -9.94. The fraction of sp³-hybridized carbons (Fsp3) is 0.0526. The standard InChI is InChI=1S/5C9H6FN.C8H5F.C4H7NO/c2*1-7(6-11)8-2-4-9(10)5-3-8;3*10-9-5-3-8(4-6-9)2-1-7-11;1-2-7-3-5-8(9)6-4-7;1-4(2,6)3-5/h2*2-5H,1H2;3*1-6H;1,3-6H;6H,1-2H3/b;;2-1+;2*2-1-;;. The Morgan fingerprint density at radius 3 is 0.843 bits per heavy atom. The number of hydrogen-bond acceptors (Lipinski definition) is 7. The summed E-state index contributed by atoms with van der Waals surface area (Å²) in [6, 6.07) is 46.0. The summed E-state index contributed by atoms with van der Waals surface area (Å²) >= 11 is 0. The van der Waals surface area contributed by atoms with Crippen LogP contribution in [0.4, 0.5) is 26.3 Å². The molecule has 0 aliphatic rings. The lowest BCUT2D eigenvalue weighted by Gasteiger charge is -2.00. The number of benzene rings is 6. The monoisotopic (exact) mass is 940 g/mol. The molecule has 0 aliphatic heterocycles. The molecule has 0 aliphatic carbocycles. The fourth-order valence-electron chi connectivity index (χ4n) is 4.10. The number of halogens is 6. The number of aliphatic hydroxyl groups is 1. The van der Waals surface area contributed by atoms with Gasteiger partial charge in [-0.15, -0.1) is 6.42 Å². The lowest BCUT2D eigenvalue weighted by atomic mass is 10.1. The van der Waals surface area contributed by atoms with E-state index in [9.17, 15) is 26.3 Å². The Morgan fingerprint density at radius 1 is 0.443 bits per heavy atom. The summed E-state index contributed by atoms with van der Waals surface area (Å²) in [5.74, 6) is 0.726. The van der Waals surface area contributed by atoms with Crippen molar-refractivity contribution in [3.63, 3.8) is 0 Å². The lowest BCUT2D eigenvalue weighted by molar-refractivity contribution is 0.141. The van der Waals surface area contributed by atoms with Crippen LogP contribution in [0.25, 0.3) is 29.4 Å². The average molecular weight is 941 g/mol. The lowest BCUT2D eigenvalue weighted by Crippen LogP contribution is -2.13. The molecule has 1 N–H and O–H groups in total. The van der Waals surface area contributed by atoms with Gasteiger partial charge in [0.2, 0.25) is 0 Å². The zero-order valence-electron chi connectivity index (χ0n) is 37.7. The third kappa shape index (κ3) is 30.2. The quantitative estimate of drug-likeness (QED) is 0.0778. The Morgan fingerprint density at radius 2 is 0.657 bits per heavy atom. The molecule has 6 rings (SSSR count). The SMILES string of the molecule is C#Cc1ccc(F)cc1.C=C(C#N)c1ccc(F)cc1.C=C(C#N)c1ccc(F)cc1.CC(C)(O)C#N.N#C/C=C/c1ccc(F)cc1.N#C/C=C\c1ccc(F)cc1.N#C/C=C\c1ccc(F)cc1. The number of nitrogens with zero attached hydrogens (tertiary/aromatic N) is 6. The van der Waals surface area contributed by atoms with Crippen LogP contribution < -0.4 is 0 Å². The van der Waals surface area contributed by atoms with E-state index in [0.29, 0.717) is 27.8 Å². The van der Waals surface area contributed by atoms with E-state index in [4.69, 9.17) is 43.1 Å². The molecule has 13 heteroatoms. The van der Waals surface area contributed by atoms with Crippen molar-refractivity contribution in [3.05, 3.63) is 245 Å². The molecule has 7 nitrogen and oxygen atoms in total. The van der Waals surface area contributed by atoms with Gasteiger partial charge >= 0.3 is 0 Å². The maximum absolute atomic E-state index is 12.3. The smallest absolute Gasteiger partial charge is 0.145 e. The van der Waals surface area contributed by atoms with Crippen LogP contribution in [0, 0.1) is 115 Å². The van der Waals surface area contributed by atoms with Crippen LogP contribution in [0.2, 0.25) is 0 Å². The van der Waals surface area contributed by atoms with Crippen LogP contribution >= 0.6 is 0 Å². The second-order valence-electron chi connectivity index (χ2n) is 13.6. The van der Waals surface area contributed by atoms with Crippen molar-refractivity contribution in [2.75, 3.05) is 0 Å². The molecule has 0 saturated heterocycles. The second kappa shape index (κ2) is 35.3. The molecule has 0 unspecified atom stereocenters. The molecule has 348 valence electrons. The summed E-state index contributed by atoms with van der Waals surface area (Å²) in [5.41, 5.74) is 4.06. The third-order valence-corrected chi connectivity index (χ3v) is 7.60. The van der Waals surface area contributed by atoms with Gasteiger partial charge in [0, 0.05) is 23.8 Å². The van der Waals surface area contributed by atoms with E-state index in [2.05, 4.69) is 19.1 Å². The summed E-state index contributed by atoms with van der Waals surface area (Å²) in [7, 11) is 0. The summed E-state index contributed by atoms with van der Waals surface area (Å²) < 4.78 is 73.8. The van der Waals surface area contributed by atoms with Crippen LogP contribution in [-0.4, -0.2) is 10.7 Å². The Labute approximate surface area is 404 Å². The minimum atomic E-state index is -1.15. The van der Waals surface area contributed by atoms with Gasteiger partial charge in [-0.3, -0.25) is 0 Å². The van der Waals surface area contributed by atoms with E-state index >= 15 is 0 Å². The van der Waals surface area contributed by atoms with Crippen LogP contribution in [0.5, 0.6) is 0 Å². The van der Waals surface area contributed by atoms with Gasteiger partial charge in [-0.05, 0) is 145 Å². The Kier molecular flexibility index (Phi) is 30.3. The Balaban J connectivity index is 0.000000799. The normalized spacial score (nSPS) is 9.34. The topological polar surface area (TPSA) is 163 Å². The van der Waals surface area contributed by atoms with E-state index in [0.717, 1.165) is 16.7 Å². The molecule has 0 saturated carbocycles. The van der Waals surface area contributed by atoms with Gasteiger partial charge in [-0.1, -0.05) is 79.7 Å². The van der Waals surface area contributed by atoms with E-state index in [1.165, 1.54) is 129 Å². The molecular weight excluding hydrogens is 899 g/mol. The van der Waals surface area contributed by atoms with Crippen molar-refractivity contribution in [1.82, 2.24) is 0 Å². The number of terminal acetylenes is 1. The first-order valence-electron chi connectivity index (χ1n) is 19.9. The van der Waals surface area contributed by atoms with Gasteiger partial charge < -0.3 is 5.11 Å². The van der Waals surface area contributed by atoms with E-state index in [1.54, 1.807) is 72.8 Å². The molecule has 0 spiro atoms. The van der Waals surface area contributed by atoms with Gasteiger partial charge in [0.25, 0.3) is 0 Å². The number of hydrogen-bond donors (Lipinski definition) is 1. The highest BCUT2D eigenvalue weighted by atomic mass is 19.1. The van der Waals surface area contributed by atoms with Gasteiger partial charge in [0.15, 0.2) is 0 Å². The maximum Gasteiger partial charge on any atom is 0.145 e. The van der Waals surface area contributed by atoms with Gasteiger partial charge in [-0.25, -0.2) is 26.3 Å². The van der Waals surface area contributed by atoms with Gasteiger partial charge in [0.05, 0.1) is 47.6 Å². The zero-order chi connectivity index (χ0) is 52.7. The maximum atomic E-state index is 12.3. The van der Waals surface area contributed by atoms with Crippen LogP contribution in [-0.2, 0) is 0 Å². The predicted octanol–water partition coefficient (Wildman–Crippen LogP) is 13.9. The highest BCUT2D eigenvalue weighted by molar-refractivity contribution is 5.75. The van der Waals surface area contributed by atoms with Crippen LogP contribution in [0.3, 0.4) is 0 Å². The van der Waals surface area contributed by atoms with Crippen molar-refractivity contribution >= 4 is 29.4 Å². The average Bonchev–Trinajstić information content (AvgIpc) is 3.37. The minimum Gasteiger partial charge on any atom is -0.376 e. The molecule has 0 amide bonds. The minimum absolute atomic E-state index is 0.256. The molecule has 0 aromatic heterocycles. The largest absolute Gasteiger partial charge is 0.376 e. The summed E-state index contributed by atoms with van der Waals surface area (Å²) in [6.45, 7) is 9.85. The number of rotatable bonds is 5. The fourth-order valence-corrected chi connectivity index (χ4v) is 4.10. The van der Waals surface area contributed by atoms with Crippen LogP contribution in [0.15, 0.2) is 177 Å². The molecule has 0 fully saturated rings. The third-order valence-electron chi connectivity index (χ3n) is 7.60. The highest BCUT2D eigenvalue weighted by Gasteiger charge is 2.07. The summed E-state index contributed by atoms with van der Waals surface area (Å²) in [5, 5.41) is 57.7. The first-order chi connectivity index (χ1) is 33.3. The summed E-state index contributed by atoms with van der Waals surface area (Å²) in [4.78, 5) is 0. The Bertz CT molecular complexity index is 2700. The number of nitriles is 6.